The van der Waals surface area contributed by atoms with Crippen LogP contribution in [0.1, 0.15) is 49.4 Å². The fourth-order valence-corrected chi connectivity index (χ4v) is 3.30. The Hall–Kier alpha value is -0.370. The van der Waals surface area contributed by atoms with Gasteiger partial charge in [0.05, 0.1) is 11.6 Å². The molecule has 21 heavy (non-hydrogen) atoms. The molecule has 1 aliphatic rings. The fraction of sp³-hybridized carbons (Fsp3) is 0.733. The molecule has 0 amide bonds. The summed E-state index contributed by atoms with van der Waals surface area (Å²) in [5.74, 6) is 0.929. The van der Waals surface area contributed by atoms with E-state index in [9.17, 15) is 0 Å². The Kier molecular flexibility index (Phi) is 7.94. The van der Waals surface area contributed by atoms with E-state index in [2.05, 4.69) is 34.5 Å². The molecule has 0 bridgehead atoms. The van der Waals surface area contributed by atoms with Gasteiger partial charge in [-0.3, -0.25) is 0 Å². The predicted molar refractivity (Wildman–Crippen MR) is 102 cm³/mol. The van der Waals surface area contributed by atoms with E-state index < -0.39 is 0 Å². The van der Waals surface area contributed by atoms with Gasteiger partial charge < -0.3 is 10.6 Å². The lowest BCUT2D eigenvalue weighted by Crippen LogP contribution is -2.46. The van der Waals surface area contributed by atoms with Crippen molar-refractivity contribution < 1.29 is 0 Å². The van der Waals surface area contributed by atoms with Crippen LogP contribution in [0, 0.1) is 12.3 Å². The van der Waals surface area contributed by atoms with E-state index in [1.165, 1.54) is 30.6 Å². The summed E-state index contributed by atoms with van der Waals surface area (Å²) in [6.45, 7) is 9.07. The first-order valence-corrected chi connectivity index (χ1v) is 8.42. The second-order valence-corrected chi connectivity index (χ2v) is 6.92. The first-order chi connectivity index (χ1) is 9.67. The number of nitrogens with one attached hydrogen (secondary N) is 2. The highest BCUT2D eigenvalue weighted by Crippen LogP contribution is 2.42. The van der Waals surface area contributed by atoms with Gasteiger partial charge in [-0.2, -0.15) is 0 Å². The largest absolute Gasteiger partial charge is 0.357 e. The van der Waals surface area contributed by atoms with Gasteiger partial charge in [0, 0.05) is 24.2 Å². The number of guanidine groups is 1. The molecule has 4 nitrogen and oxygen atoms in total. The molecule has 0 aliphatic heterocycles. The SMILES string of the molecule is CCNC(=NCc1cnc(C)s1)NCC1(CC)CCC1.I. The van der Waals surface area contributed by atoms with Crippen molar-refractivity contribution in [1.29, 1.82) is 0 Å². The molecule has 1 saturated carbocycles. The number of rotatable bonds is 6. The molecule has 1 heterocycles. The number of aromatic nitrogens is 1. The van der Waals surface area contributed by atoms with Crippen molar-refractivity contribution in [2.45, 2.75) is 53.0 Å². The van der Waals surface area contributed by atoms with Crippen molar-refractivity contribution in [3.05, 3.63) is 16.1 Å². The third kappa shape index (κ3) is 5.39. The number of halogens is 1. The number of hydrogen-bond acceptors (Lipinski definition) is 3. The van der Waals surface area contributed by atoms with Crippen molar-refractivity contribution in [2.24, 2.45) is 10.4 Å². The van der Waals surface area contributed by atoms with Crippen molar-refractivity contribution >= 4 is 41.3 Å². The summed E-state index contributed by atoms with van der Waals surface area (Å²) < 4.78 is 0. The van der Waals surface area contributed by atoms with E-state index in [1.54, 1.807) is 11.3 Å². The van der Waals surface area contributed by atoms with Gasteiger partial charge in [0.1, 0.15) is 0 Å². The summed E-state index contributed by atoms with van der Waals surface area (Å²) in [5.41, 5.74) is 0.511. The first kappa shape index (κ1) is 18.7. The average molecular weight is 422 g/mol. The van der Waals surface area contributed by atoms with Crippen LogP contribution >= 0.6 is 35.3 Å². The standard InChI is InChI=1S/C15H26N4S.HI/c1-4-15(7-6-8-15)11-19-14(16-5-2)18-10-13-9-17-12(3)20-13;/h9H,4-8,10-11H2,1-3H3,(H2,16,18,19);1H. The molecule has 0 saturated heterocycles. The zero-order chi connectivity index (χ0) is 14.4. The van der Waals surface area contributed by atoms with E-state index in [1.807, 2.05) is 13.1 Å². The Labute approximate surface area is 149 Å². The van der Waals surface area contributed by atoms with Crippen LogP contribution in [-0.2, 0) is 6.54 Å². The van der Waals surface area contributed by atoms with Crippen LogP contribution in [-0.4, -0.2) is 24.0 Å². The van der Waals surface area contributed by atoms with Gasteiger partial charge in [0.25, 0.3) is 0 Å². The van der Waals surface area contributed by atoms with Crippen molar-refractivity contribution in [3.63, 3.8) is 0 Å². The molecule has 1 aliphatic carbocycles. The smallest absolute Gasteiger partial charge is 0.191 e. The molecule has 2 rings (SSSR count). The van der Waals surface area contributed by atoms with E-state index in [-0.39, 0.29) is 24.0 Å². The number of aliphatic imine (C=N–C) groups is 1. The van der Waals surface area contributed by atoms with Crippen molar-refractivity contribution in [2.75, 3.05) is 13.1 Å². The minimum absolute atomic E-state index is 0. The highest BCUT2D eigenvalue weighted by Gasteiger charge is 2.34. The molecule has 0 radical (unpaired) electrons. The zero-order valence-electron chi connectivity index (χ0n) is 13.2. The second kappa shape index (κ2) is 8.92. The maximum atomic E-state index is 4.66. The molecule has 0 atom stereocenters. The molecule has 6 heteroatoms. The van der Waals surface area contributed by atoms with E-state index in [4.69, 9.17) is 0 Å². The van der Waals surface area contributed by atoms with Gasteiger partial charge in [0.2, 0.25) is 0 Å². The second-order valence-electron chi connectivity index (χ2n) is 5.60. The molecular formula is C15H27IN4S. The summed E-state index contributed by atoms with van der Waals surface area (Å²) in [6.07, 6.45) is 7.26. The molecule has 0 aromatic carbocycles. The summed E-state index contributed by atoms with van der Waals surface area (Å²) in [5, 5.41) is 7.95. The van der Waals surface area contributed by atoms with E-state index in [0.717, 1.165) is 24.1 Å². The summed E-state index contributed by atoms with van der Waals surface area (Å²) >= 11 is 1.72. The lowest BCUT2D eigenvalue weighted by Gasteiger charge is -2.41. The average Bonchev–Trinajstić information content (AvgIpc) is 2.81. The van der Waals surface area contributed by atoms with Gasteiger partial charge in [-0.05, 0) is 38.5 Å². The number of hydrogen-bond donors (Lipinski definition) is 2. The lowest BCUT2D eigenvalue weighted by molar-refractivity contribution is 0.131. The third-order valence-corrected chi connectivity index (χ3v) is 5.10. The fourth-order valence-electron chi connectivity index (χ4n) is 2.58. The number of nitrogens with zero attached hydrogens (tertiary/aromatic N) is 2. The van der Waals surface area contributed by atoms with Crippen molar-refractivity contribution in [1.82, 2.24) is 15.6 Å². The van der Waals surface area contributed by atoms with Gasteiger partial charge in [-0.15, -0.1) is 35.3 Å². The van der Waals surface area contributed by atoms with Crippen LogP contribution < -0.4 is 10.6 Å². The van der Waals surface area contributed by atoms with Crippen LogP contribution in [0.25, 0.3) is 0 Å². The Morgan fingerprint density at radius 2 is 2.14 bits per heavy atom. The van der Waals surface area contributed by atoms with Crippen LogP contribution in [0.4, 0.5) is 0 Å². The lowest BCUT2D eigenvalue weighted by atomic mass is 9.67. The normalized spacial score (nSPS) is 16.8. The Bertz CT molecular complexity index is 449. The Balaban J connectivity index is 0.00000220. The summed E-state index contributed by atoms with van der Waals surface area (Å²) in [6, 6.07) is 0. The Morgan fingerprint density at radius 1 is 1.38 bits per heavy atom. The maximum absolute atomic E-state index is 4.66. The minimum atomic E-state index is 0. The summed E-state index contributed by atoms with van der Waals surface area (Å²) in [4.78, 5) is 10.1. The van der Waals surface area contributed by atoms with E-state index in [0.29, 0.717) is 12.0 Å². The van der Waals surface area contributed by atoms with E-state index >= 15 is 0 Å². The van der Waals surface area contributed by atoms with Gasteiger partial charge >= 0.3 is 0 Å². The number of thiazole rings is 1. The Morgan fingerprint density at radius 3 is 2.62 bits per heavy atom. The van der Waals surface area contributed by atoms with Crippen LogP contribution in [0.15, 0.2) is 11.2 Å². The third-order valence-electron chi connectivity index (χ3n) is 4.20. The van der Waals surface area contributed by atoms with Crippen LogP contribution in [0.2, 0.25) is 0 Å². The topological polar surface area (TPSA) is 49.3 Å². The van der Waals surface area contributed by atoms with Crippen LogP contribution in [0.3, 0.4) is 0 Å². The molecule has 2 N–H and O–H groups in total. The molecule has 0 spiro atoms. The first-order valence-electron chi connectivity index (χ1n) is 7.61. The maximum Gasteiger partial charge on any atom is 0.191 e. The quantitative estimate of drug-likeness (QED) is 0.418. The molecular weight excluding hydrogens is 395 g/mol. The monoisotopic (exact) mass is 422 g/mol. The van der Waals surface area contributed by atoms with Gasteiger partial charge in [-0.1, -0.05) is 13.3 Å². The highest BCUT2D eigenvalue weighted by atomic mass is 127. The number of aryl methyl sites for hydroxylation is 1. The molecule has 120 valence electrons. The summed E-state index contributed by atoms with van der Waals surface area (Å²) in [7, 11) is 0. The molecule has 1 aromatic rings. The molecule has 1 fully saturated rings. The minimum Gasteiger partial charge on any atom is -0.357 e. The predicted octanol–water partition coefficient (Wildman–Crippen LogP) is 3.70. The highest BCUT2D eigenvalue weighted by molar-refractivity contribution is 14.0. The molecule has 1 aromatic heterocycles. The van der Waals surface area contributed by atoms with Gasteiger partial charge in [-0.25, -0.2) is 9.98 Å². The van der Waals surface area contributed by atoms with Gasteiger partial charge in [0.15, 0.2) is 5.96 Å². The zero-order valence-corrected chi connectivity index (χ0v) is 16.4. The van der Waals surface area contributed by atoms with Crippen LogP contribution in [0.5, 0.6) is 0 Å². The molecule has 0 unspecified atom stereocenters. The van der Waals surface area contributed by atoms with Crippen molar-refractivity contribution in [3.8, 4) is 0 Å².